The Hall–Kier alpha value is -4.56. The second kappa shape index (κ2) is 8.76. The second-order valence-corrected chi connectivity index (χ2v) is 7.83. The van der Waals surface area contributed by atoms with Gasteiger partial charge in [-0.3, -0.25) is 15.0 Å². The summed E-state index contributed by atoms with van der Waals surface area (Å²) >= 11 is 5.56. The summed E-state index contributed by atoms with van der Waals surface area (Å²) in [4.78, 5) is 38.7. The third kappa shape index (κ3) is 3.87. The molecule has 0 saturated heterocycles. The number of aromatic nitrogens is 2. The van der Waals surface area contributed by atoms with Crippen LogP contribution in [0, 0.1) is 4.77 Å². The molecular weight excluding hydrogens is 450 g/mol. The molecule has 0 radical (unpaired) electrons. The SMILES string of the molecule is O=C(Nn1cc(-c2ccccc2)n(C(=O)c2ccccc2)c1=S)c1cc2ccccc2oc1=O. The van der Waals surface area contributed by atoms with Crippen LogP contribution in [0.2, 0.25) is 0 Å². The summed E-state index contributed by atoms with van der Waals surface area (Å²) in [5.41, 5.74) is 3.70. The van der Waals surface area contributed by atoms with Crippen molar-refractivity contribution >= 4 is 35.0 Å². The van der Waals surface area contributed by atoms with Gasteiger partial charge in [-0.1, -0.05) is 66.7 Å². The number of amides is 1. The van der Waals surface area contributed by atoms with Crippen LogP contribution in [-0.4, -0.2) is 21.1 Å². The molecule has 3 aromatic carbocycles. The van der Waals surface area contributed by atoms with Crippen molar-refractivity contribution in [1.29, 1.82) is 0 Å². The van der Waals surface area contributed by atoms with Crippen molar-refractivity contribution < 1.29 is 14.0 Å². The number of nitrogens with zero attached hydrogens (tertiary/aromatic N) is 2. The molecule has 0 aliphatic heterocycles. The van der Waals surface area contributed by atoms with Crippen LogP contribution >= 0.6 is 12.2 Å². The second-order valence-electron chi connectivity index (χ2n) is 7.47. The average Bonchev–Trinajstić information content (AvgIpc) is 3.19. The highest BCUT2D eigenvalue weighted by Gasteiger charge is 2.21. The molecule has 0 fully saturated rings. The van der Waals surface area contributed by atoms with Gasteiger partial charge in [0.2, 0.25) is 4.77 Å². The molecule has 166 valence electrons. The minimum atomic E-state index is -0.772. The van der Waals surface area contributed by atoms with Gasteiger partial charge in [0.15, 0.2) is 0 Å². The Morgan fingerprint density at radius 2 is 1.50 bits per heavy atom. The van der Waals surface area contributed by atoms with E-state index in [1.165, 1.54) is 15.3 Å². The van der Waals surface area contributed by atoms with Gasteiger partial charge in [-0.2, -0.15) is 0 Å². The first-order chi connectivity index (χ1) is 16.5. The monoisotopic (exact) mass is 467 g/mol. The number of rotatable bonds is 4. The first-order valence-electron chi connectivity index (χ1n) is 10.4. The molecule has 5 aromatic rings. The highest BCUT2D eigenvalue weighted by molar-refractivity contribution is 7.71. The van der Waals surface area contributed by atoms with Crippen molar-refractivity contribution in [3.05, 3.63) is 124 Å². The fourth-order valence-electron chi connectivity index (χ4n) is 3.63. The fraction of sp³-hybridized carbons (Fsp3) is 0. The van der Waals surface area contributed by atoms with E-state index < -0.39 is 11.5 Å². The van der Waals surface area contributed by atoms with Crippen molar-refractivity contribution in [3.63, 3.8) is 0 Å². The number of nitrogens with one attached hydrogen (secondary N) is 1. The van der Waals surface area contributed by atoms with Gasteiger partial charge in [0.25, 0.3) is 11.8 Å². The van der Waals surface area contributed by atoms with Crippen molar-refractivity contribution in [2.45, 2.75) is 0 Å². The Bertz CT molecular complexity index is 1650. The van der Waals surface area contributed by atoms with E-state index >= 15 is 0 Å². The number of imidazole rings is 1. The zero-order valence-corrected chi connectivity index (χ0v) is 18.5. The Kier molecular flexibility index (Phi) is 5.49. The molecule has 8 heteroatoms. The molecule has 1 amide bonds. The summed E-state index contributed by atoms with van der Waals surface area (Å²) in [5.74, 6) is -1.05. The number of benzene rings is 3. The number of hydrogen-bond acceptors (Lipinski definition) is 5. The standard InChI is InChI=1S/C26H17N3O4S/c30-23(20-15-19-13-7-8-14-22(19)33-25(20)32)27-28-16-21(17-9-3-1-4-10-17)29(26(28)34)24(31)18-11-5-2-6-12-18/h1-16H,(H,27,30). The predicted octanol–water partition coefficient (Wildman–Crippen LogP) is 4.86. The molecule has 34 heavy (non-hydrogen) atoms. The lowest BCUT2D eigenvalue weighted by molar-refractivity contribution is 0.0954. The number of carbonyl (C=O) groups is 2. The largest absolute Gasteiger partial charge is 0.422 e. The maximum absolute atomic E-state index is 13.3. The van der Waals surface area contributed by atoms with E-state index in [0.29, 0.717) is 22.2 Å². The van der Waals surface area contributed by atoms with Gasteiger partial charge in [0, 0.05) is 16.5 Å². The van der Waals surface area contributed by atoms with E-state index in [9.17, 15) is 14.4 Å². The summed E-state index contributed by atoms with van der Waals surface area (Å²) in [6, 6.07) is 26.3. The Labute approximate surface area is 198 Å². The summed E-state index contributed by atoms with van der Waals surface area (Å²) < 4.78 is 7.92. The molecule has 5 rings (SSSR count). The Morgan fingerprint density at radius 3 is 2.24 bits per heavy atom. The topological polar surface area (TPSA) is 86.2 Å². The zero-order chi connectivity index (χ0) is 23.7. The fourth-order valence-corrected chi connectivity index (χ4v) is 3.91. The number of fused-ring (bicyclic) bond motifs is 1. The summed E-state index contributed by atoms with van der Waals surface area (Å²) in [6.45, 7) is 0. The summed E-state index contributed by atoms with van der Waals surface area (Å²) in [7, 11) is 0. The van der Waals surface area contributed by atoms with E-state index in [0.717, 1.165) is 5.56 Å². The van der Waals surface area contributed by atoms with Crippen LogP contribution < -0.4 is 11.1 Å². The molecule has 2 heterocycles. The van der Waals surface area contributed by atoms with Crippen LogP contribution in [0.15, 0.2) is 106 Å². The molecule has 0 aliphatic rings. The number of para-hydroxylation sites is 1. The third-order valence-corrected chi connectivity index (χ3v) is 5.67. The van der Waals surface area contributed by atoms with Crippen LogP contribution in [0.4, 0.5) is 0 Å². The zero-order valence-electron chi connectivity index (χ0n) is 17.7. The highest BCUT2D eigenvalue weighted by atomic mass is 32.1. The molecule has 0 unspecified atom stereocenters. The van der Waals surface area contributed by atoms with E-state index in [1.54, 1.807) is 54.7 Å². The molecular formula is C26H17N3O4S. The predicted molar refractivity (Wildman–Crippen MR) is 131 cm³/mol. The van der Waals surface area contributed by atoms with Crippen molar-refractivity contribution in [3.8, 4) is 11.3 Å². The van der Waals surface area contributed by atoms with Gasteiger partial charge in [-0.05, 0) is 36.5 Å². The van der Waals surface area contributed by atoms with Gasteiger partial charge in [0.05, 0.1) is 11.9 Å². The van der Waals surface area contributed by atoms with E-state index in [2.05, 4.69) is 5.43 Å². The van der Waals surface area contributed by atoms with Gasteiger partial charge in [-0.25, -0.2) is 14.0 Å². The lowest BCUT2D eigenvalue weighted by atomic mass is 10.1. The van der Waals surface area contributed by atoms with Crippen LogP contribution in [0.25, 0.3) is 22.2 Å². The normalized spacial score (nSPS) is 10.8. The van der Waals surface area contributed by atoms with Crippen molar-refractivity contribution in [2.24, 2.45) is 0 Å². The van der Waals surface area contributed by atoms with Crippen LogP contribution in [0.3, 0.4) is 0 Å². The Balaban J connectivity index is 1.59. The maximum atomic E-state index is 13.3. The number of carbonyl (C=O) groups excluding carboxylic acids is 2. The smallest absolute Gasteiger partial charge is 0.349 e. The first-order valence-corrected chi connectivity index (χ1v) is 10.8. The van der Waals surface area contributed by atoms with Crippen LogP contribution in [-0.2, 0) is 0 Å². The quantitative estimate of drug-likeness (QED) is 0.301. The van der Waals surface area contributed by atoms with Gasteiger partial charge in [0.1, 0.15) is 11.1 Å². The molecule has 0 bridgehead atoms. The van der Waals surface area contributed by atoms with E-state index in [-0.39, 0.29) is 16.2 Å². The van der Waals surface area contributed by atoms with E-state index in [4.69, 9.17) is 16.6 Å². The summed E-state index contributed by atoms with van der Waals surface area (Å²) in [5, 5.41) is 0.609. The first kappa shape index (κ1) is 21.3. The van der Waals surface area contributed by atoms with Crippen molar-refractivity contribution in [2.75, 3.05) is 5.43 Å². The Morgan fingerprint density at radius 1 is 0.853 bits per heavy atom. The average molecular weight is 468 g/mol. The lowest BCUT2D eigenvalue weighted by Crippen LogP contribution is -2.27. The molecule has 0 saturated carbocycles. The molecule has 2 aromatic heterocycles. The molecule has 0 atom stereocenters. The van der Waals surface area contributed by atoms with Gasteiger partial charge >= 0.3 is 5.63 Å². The third-order valence-electron chi connectivity index (χ3n) is 5.29. The lowest BCUT2D eigenvalue weighted by Gasteiger charge is -2.07. The van der Waals surface area contributed by atoms with Crippen LogP contribution in [0.5, 0.6) is 0 Å². The van der Waals surface area contributed by atoms with Gasteiger partial charge < -0.3 is 4.42 Å². The highest BCUT2D eigenvalue weighted by Crippen LogP contribution is 2.22. The maximum Gasteiger partial charge on any atom is 0.349 e. The van der Waals surface area contributed by atoms with E-state index in [1.807, 2.05) is 36.4 Å². The molecule has 7 nitrogen and oxygen atoms in total. The minimum Gasteiger partial charge on any atom is -0.422 e. The van der Waals surface area contributed by atoms with Crippen LogP contribution in [0.1, 0.15) is 20.7 Å². The summed E-state index contributed by atoms with van der Waals surface area (Å²) in [6.07, 6.45) is 1.55. The number of hydrogen-bond donors (Lipinski definition) is 1. The minimum absolute atomic E-state index is 0.0474. The molecule has 0 spiro atoms. The molecule has 0 aliphatic carbocycles. The van der Waals surface area contributed by atoms with Gasteiger partial charge in [-0.15, -0.1) is 0 Å². The van der Waals surface area contributed by atoms with Crippen molar-refractivity contribution in [1.82, 2.24) is 9.24 Å². The molecule has 1 N–H and O–H groups in total.